The van der Waals surface area contributed by atoms with Gasteiger partial charge in [-0.15, -0.1) is 0 Å². The second kappa shape index (κ2) is 8.62. The van der Waals surface area contributed by atoms with Crippen molar-refractivity contribution in [3.8, 4) is 0 Å². The van der Waals surface area contributed by atoms with Gasteiger partial charge in [0.15, 0.2) is 0 Å². The second-order valence-electron chi connectivity index (χ2n) is 6.17. The average molecular weight is 516 g/mol. The lowest BCUT2D eigenvalue weighted by Crippen LogP contribution is -2.20. The zero-order chi connectivity index (χ0) is 20.2. The average Bonchev–Trinajstić information content (AvgIpc) is 2.70. The Morgan fingerprint density at radius 1 is 0.828 bits per heavy atom. The zero-order valence-corrected chi connectivity index (χ0v) is 17.9. The summed E-state index contributed by atoms with van der Waals surface area (Å²) in [6.07, 6.45) is 3.34. The van der Waals surface area contributed by atoms with Crippen LogP contribution in [0.1, 0.15) is 0 Å². The van der Waals surface area contributed by atoms with Crippen molar-refractivity contribution in [2.45, 2.75) is 0 Å². The lowest BCUT2D eigenvalue weighted by Gasteiger charge is -2.12. The topological polar surface area (TPSA) is 78.9 Å². The van der Waals surface area contributed by atoms with E-state index in [9.17, 15) is 4.79 Å². The number of aromatic nitrogens is 2. The highest BCUT2D eigenvalue weighted by Gasteiger charge is 2.08. The highest BCUT2D eigenvalue weighted by molar-refractivity contribution is 14.1. The molecule has 3 N–H and O–H groups in total. The van der Waals surface area contributed by atoms with E-state index in [2.05, 4.69) is 48.5 Å². The van der Waals surface area contributed by atoms with Crippen molar-refractivity contribution in [3.63, 3.8) is 0 Å². The number of fused-ring (bicyclic) bond motifs is 1. The molecule has 2 amide bonds. The van der Waals surface area contributed by atoms with Crippen molar-refractivity contribution in [2.24, 2.45) is 0 Å². The van der Waals surface area contributed by atoms with Gasteiger partial charge in [0, 0.05) is 38.0 Å². The monoisotopic (exact) mass is 515 g/mol. The van der Waals surface area contributed by atoms with Crippen LogP contribution in [0.15, 0.2) is 73.1 Å². The largest absolute Gasteiger partial charge is 0.355 e. The van der Waals surface area contributed by atoms with E-state index in [0.29, 0.717) is 16.4 Å². The number of carbonyl (C=O) groups excluding carboxylic acids is 1. The Balaban J connectivity index is 1.45. The Morgan fingerprint density at radius 3 is 2.38 bits per heavy atom. The molecule has 0 fully saturated rings. The van der Waals surface area contributed by atoms with Crippen LogP contribution in [0.2, 0.25) is 5.02 Å². The lowest BCUT2D eigenvalue weighted by molar-refractivity contribution is 0.262. The minimum atomic E-state index is -0.334. The normalized spacial score (nSPS) is 10.6. The van der Waals surface area contributed by atoms with Crippen LogP contribution < -0.4 is 16.0 Å². The van der Waals surface area contributed by atoms with Crippen LogP contribution in [-0.4, -0.2) is 16.0 Å². The summed E-state index contributed by atoms with van der Waals surface area (Å²) in [6, 6.07) is 18.2. The van der Waals surface area contributed by atoms with Gasteiger partial charge in [-0.05, 0) is 77.2 Å². The molecule has 0 bridgehead atoms. The van der Waals surface area contributed by atoms with Crippen molar-refractivity contribution >= 4 is 74.0 Å². The lowest BCUT2D eigenvalue weighted by atomic mass is 10.2. The van der Waals surface area contributed by atoms with E-state index in [4.69, 9.17) is 11.6 Å². The molecule has 0 unspecified atom stereocenters. The van der Waals surface area contributed by atoms with E-state index in [1.807, 2.05) is 36.4 Å². The molecule has 1 aromatic heterocycles. The Hall–Kier alpha value is -2.91. The van der Waals surface area contributed by atoms with Crippen molar-refractivity contribution in [1.29, 1.82) is 0 Å². The number of nitrogens with one attached hydrogen (secondary N) is 3. The molecular weight excluding hydrogens is 501 g/mol. The zero-order valence-electron chi connectivity index (χ0n) is 15.0. The number of amides is 2. The maximum atomic E-state index is 12.2. The molecule has 0 aliphatic heterocycles. The molecule has 8 heteroatoms. The number of rotatable bonds is 4. The first-order chi connectivity index (χ1) is 14.1. The van der Waals surface area contributed by atoms with Gasteiger partial charge >= 0.3 is 6.03 Å². The number of nitrogens with zero attached hydrogens (tertiary/aromatic N) is 2. The van der Waals surface area contributed by atoms with Gasteiger partial charge in [0.2, 0.25) is 0 Å². The number of halogens is 2. The molecule has 3 aromatic carbocycles. The van der Waals surface area contributed by atoms with Crippen LogP contribution in [-0.2, 0) is 0 Å². The number of benzene rings is 3. The van der Waals surface area contributed by atoms with Gasteiger partial charge < -0.3 is 16.0 Å². The molecular formula is C21H15ClIN5O. The first kappa shape index (κ1) is 19.4. The Kier molecular flexibility index (Phi) is 5.77. The van der Waals surface area contributed by atoms with Crippen LogP contribution in [0.5, 0.6) is 0 Å². The first-order valence-corrected chi connectivity index (χ1v) is 10.1. The molecule has 0 aliphatic carbocycles. The second-order valence-corrected chi connectivity index (χ2v) is 7.77. The van der Waals surface area contributed by atoms with Crippen molar-refractivity contribution < 1.29 is 4.79 Å². The summed E-state index contributed by atoms with van der Waals surface area (Å²) in [6.45, 7) is 0. The molecule has 29 heavy (non-hydrogen) atoms. The fourth-order valence-corrected chi connectivity index (χ4v) is 3.59. The molecule has 4 aromatic rings. The highest BCUT2D eigenvalue weighted by Crippen LogP contribution is 2.26. The van der Waals surface area contributed by atoms with Crippen molar-refractivity contribution in [3.05, 3.63) is 81.7 Å². The fraction of sp³-hybridized carbons (Fsp3) is 0. The number of urea groups is 1. The van der Waals surface area contributed by atoms with Gasteiger partial charge in [-0.25, -0.2) is 4.79 Å². The predicted octanol–water partition coefficient (Wildman–Crippen LogP) is 6.28. The van der Waals surface area contributed by atoms with Crippen molar-refractivity contribution in [1.82, 2.24) is 9.97 Å². The Labute approximate surface area is 185 Å². The standard InChI is InChI=1S/C21H15ClIN5O/c22-13-2-1-3-14(10-13)27-21(29)28-18-6-4-15(11-17(18)23)26-16-5-7-19-20(12-16)25-9-8-24-19/h1-12,26H,(H2,27,28,29). The minimum absolute atomic E-state index is 0.334. The Bertz CT molecular complexity index is 1200. The van der Waals surface area contributed by atoms with Crippen molar-refractivity contribution in [2.75, 3.05) is 16.0 Å². The van der Waals surface area contributed by atoms with Crippen LogP contribution in [0, 0.1) is 3.57 Å². The Morgan fingerprint density at radius 2 is 1.59 bits per heavy atom. The van der Waals surface area contributed by atoms with E-state index in [0.717, 1.165) is 26.0 Å². The van der Waals surface area contributed by atoms with Gasteiger partial charge in [0.1, 0.15) is 0 Å². The smallest absolute Gasteiger partial charge is 0.323 e. The molecule has 4 rings (SSSR count). The fourth-order valence-electron chi connectivity index (χ4n) is 2.75. The summed E-state index contributed by atoms with van der Waals surface area (Å²) >= 11 is 8.13. The third kappa shape index (κ3) is 4.93. The summed E-state index contributed by atoms with van der Waals surface area (Å²) < 4.78 is 0.898. The molecule has 0 saturated carbocycles. The van der Waals surface area contributed by atoms with Crippen LogP contribution >= 0.6 is 34.2 Å². The van der Waals surface area contributed by atoms with Gasteiger partial charge in [-0.2, -0.15) is 0 Å². The third-order valence-corrected chi connectivity index (χ3v) is 5.19. The van der Waals surface area contributed by atoms with Crippen LogP contribution in [0.25, 0.3) is 11.0 Å². The van der Waals surface area contributed by atoms with E-state index >= 15 is 0 Å². The molecule has 0 spiro atoms. The molecule has 144 valence electrons. The van der Waals surface area contributed by atoms with E-state index in [1.165, 1.54) is 0 Å². The highest BCUT2D eigenvalue weighted by atomic mass is 127. The maximum absolute atomic E-state index is 12.2. The van der Waals surface area contributed by atoms with Gasteiger partial charge in [-0.3, -0.25) is 9.97 Å². The number of hydrogen-bond donors (Lipinski definition) is 3. The number of anilines is 4. The van der Waals surface area contributed by atoms with Crippen LogP contribution in [0.4, 0.5) is 27.5 Å². The van der Waals surface area contributed by atoms with Gasteiger partial charge in [-0.1, -0.05) is 17.7 Å². The number of carbonyl (C=O) groups is 1. The van der Waals surface area contributed by atoms with E-state index in [1.54, 1.807) is 36.7 Å². The first-order valence-electron chi connectivity index (χ1n) is 8.68. The molecule has 1 heterocycles. The minimum Gasteiger partial charge on any atom is -0.355 e. The molecule has 6 nitrogen and oxygen atoms in total. The van der Waals surface area contributed by atoms with E-state index < -0.39 is 0 Å². The summed E-state index contributed by atoms with van der Waals surface area (Å²) in [5, 5.41) is 9.52. The summed E-state index contributed by atoms with van der Waals surface area (Å²) in [4.78, 5) is 20.8. The molecule has 0 atom stereocenters. The molecule has 0 aliphatic rings. The maximum Gasteiger partial charge on any atom is 0.323 e. The summed E-state index contributed by atoms with van der Waals surface area (Å²) in [7, 11) is 0. The summed E-state index contributed by atoms with van der Waals surface area (Å²) in [5.41, 5.74) is 4.82. The quantitative estimate of drug-likeness (QED) is 0.280. The van der Waals surface area contributed by atoms with Gasteiger partial charge in [0.25, 0.3) is 0 Å². The van der Waals surface area contributed by atoms with Crippen LogP contribution in [0.3, 0.4) is 0 Å². The third-order valence-electron chi connectivity index (χ3n) is 4.06. The summed E-state index contributed by atoms with van der Waals surface area (Å²) in [5.74, 6) is 0. The SMILES string of the molecule is O=C(Nc1cccc(Cl)c1)Nc1ccc(Nc2ccc3nccnc3c2)cc1I. The van der Waals surface area contributed by atoms with Gasteiger partial charge in [0.05, 0.1) is 16.7 Å². The predicted molar refractivity (Wildman–Crippen MR) is 126 cm³/mol. The molecule has 0 radical (unpaired) electrons. The van der Waals surface area contributed by atoms with E-state index in [-0.39, 0.29) is 6.03 Å². The molecule has 0 saturated heterocycles. The number of hydrogen-bond acceptors (Lipinski definition) is 4.